The van der Waals surface area contributed by atoms with Crippen molar-refractivity contribution in [1.29, 1.82) is 0 Å². The van der Waals surface area contributed by atoms with Crippen molar-refractivity contribution in [3.05, 3.63) is 102 Å². The van der Waals surface area contributed by atoms with E-state index in [0.29, 0.717) is 17.9 Å². The average Bonchev–Trinajstić information content (AvgIpc) is 2.71. The van der Waals surface area contributed by atoms with Crippen molar-refractivity contribution in [2.45, 2.75) is 13.0 Å². The topological polar surface area (TPSA) is 66.9 Å². The van der Waals surface area contributed by atoms with E-state index in [4.69, 9.17) is 0 Å². The number of amides is 1. The summed E-state index contributed by atoms with van der Waals surface area (Å²) >= 11 is 0. The number of nitrogens with zero attached hydrogens (tertiary/aromatic N) is 2. The number of rotatable bonds is 7. The zero-order valence-corrected chi connectivity index (χ0v) is 15.2. The normalized spacial score (nSPS) is 11.4. The number of aryl methyl sites for hydroxylation is 1. The fraction of sp³-hybridized carbons (Fsp3) is 0.136. The third kappa shape index (κ3) is 4.79. The molecule has 1 aromatic carbocycles. The first-order valence-corrected chi connectivity index (χ1v) is 8.76. The van der Waals surface area contributed by atoms with Crippen molar-refractivity contribution in [2.24, 2.45) is 0 Å². The molecule has 136 valence electrons. The van der Waals surface area contributed by atoms with Gasteiger partial charge >= 0.3 is 0 Å². The molecule has 3 rings (SSSR count). The van der Waals surface area contributed by atoms with E-state index in [1.807, 2.05) is 24.3 Å². The predicted octanol–water partition coefficient (Wildman–Crippen LogP) is 3.90. The van der Waals surface area contributed by atoms with E-state index in [9.17, 15) is 4.79 Å². The molecule has 1 amide bonds. The predicted molar refractivity (Wildman–Crippen MR) is 108 cm³/mol. The number of carbonyl (C=O) groups is 1. The zero-order chi connectivity index (χ0) is 19.1. The van der Waals surface area contributed by atoms with Crippen LogP contribution >= 0.6 is 0 Å². The van der Waals surface area contributed by atoms with Crippen LogP contribution in [-0.2, 0) is 0 Å². The zero-order valence-electron chi connectivity index (χ0n) is 15.2. The van der Waals surface area contributed by atoms with Gasteiger partial charge in [-0.2, -0.15) is 0 Å². The molecule has 2 aromatic heterocycles. The summed E-state index contributed by atoms with van der Waals surface area (Å²) in [6, 6.07) is 17.5. The lowest BCUT2D eigenvalue weighted by atomic mass is 10.0. The van der Waals surface area contributed by atoms with Gasteiger partial charge in [0.15, 0.2) is 0 Å². The molecule has 5 nitrogen and oxygen atoms in total. The van der Waals surface area contributed by atoms with Crippen molar-refractivity contribution in [2.75, 3.05) is 11.9 Å². The van der Waals surface area contributed by atoms with E-state index in [2.05, 4.69) is 52.3 Å². The molecule has 0 saturated heterocycles. The minimum atomic E-state index is -0.172. The average molecular weight is 358 g/mol. The Kier molecular flexibility index (Phi) is 5.94. The smallest absolute Gasteiger partial charge is 0.253 e. The Morgan fingerprint density at radius 1 is 1.15 bits per heavy atom. The van der Waals surface area contributed by atoms with Crippen LogP contribution in [0.25, 0.3) is 0 Å². The van der Waals surface area contributed by atoms with Crippen molar-refractivity contribution in [1.82, 2.24) is 15.3 Å². The van der Waals surface area contributed by atoms with Crippen LogP contribution in [0.15, 0.2) is 79.6 Å². The molecular formula is C22H22N4O. The van der Waals surface area contributed by atoms with Crippen molar-refractivity contribution in [3.63, 3.8) is 0 Å². The number of benzene rings is 1. The van der Waals surface area contributed by atoms with Crippen LogP contribution in [-0.4, -0.2) is 22.4 Å². The maximum atomic E-state index is 12.0. The molecular weight excluding hydrogens is 336 g/mol. The minimum Gasteiger partial charge on any atom is -0.358 e. The quantitative estimate of drug-likeness (QED) is 0.629. The summed E-state index contributed by atoms with van der Waals surface area (Å²) in [6.07, 6.45) is 4.98. The van der Waals surface area contributed by atoms with E-state index >= 15 is 0 Å². The first-order chi connectivity index (χ1) is 13.2. The highest BCUT2D eigenvalue weighted by molar-refractivity contribution is 5.94. The summed E-state index contributed by atoms with van der Waals surface area (Å²) in [5, 5.41) is 6.17. The third-order valence-corrected chi connectivity index (χ3v) is 4.08. The van der Waals surface area contributed by atoms with Gasteiger partial charge in [-0.1, -0.05) is 42.0 Å². The highest BCUT2D eigenvalue weighted by Crippen LogP contribution is 2.25. The van der Waals surface area contributed by atoms with Gasteiger partial charge in [-0.25, -0.2) is 4.98 Å². The summed E-state index contributed by atoms with van der Waals surface area (Å²) in [5.74, 6) is 0.501. The highest BCUT2D eigenvalue weighted by atomic mass is 16.1. The summed E-state index contributed by atoms with van der Waals surface area (Å²) in [4.78, 5) is 20.9. The molecule has 0 radical (unpaired) electrons. The summed E-state index contributed by atoms with van der Waals surface area (Å²) in [5.41, 5.74) is 3.69. The van der Waals surface area contributed by atoms with Crippen LogP contribution in [0.3, 0.4) is 0 Å². The fourth-order valence-corrected chi connectivity index (χ4v) is 2.75. The summed E-state index contributed by atoms with van der Waals surface area (Å²) in [6.45, 7) is 6.08. The van der Waals surface area contributed by atoms with Crippen LogP contribution in [0.2, 0.25) is 0 Å². The Morgan fingerprint density at radius 2 is 2.04 bits per heavy atom. The van der Waals surface area contributed by atoms with Crippen LogP contribution < -0.4 is 10.6 Å². The van der Waals surface area contributed by atoms with Gasteiger partial charge in [0.2, 0.25) is 0 Å². The lowest BCUT2D eigenvalue weighted by Gasteiger charge is -2.20. The monoisotopic (exact) mass is 358 g/mol. The molecule has 1 unspecified atom stereocenters. The van der Waals surface area contributed by atoms with Gasteiger partial charge in [-0.3, -0.25) is 9.78 Å². The molecule has 2 heterocycles. The van der Waals surface area contributed by atoms with Gasteiger partial charge in [-0.05, 0) is 36.8 Å². The molecule has 0 aliphatic heterocycles. The minimum absolute atomic E-state index is 0.140. The van der Waals surface area contributed by atoms with Gasteiger partial charge in [-0.15, -0.1) is 6.58 Å². The Labute approximate surface area is 159 Å². The number of nitrogens with one attached hydrogen (secondary N) is 2. The first kappa shape index (κ1) is 18.3. The van der Waals surface area contributed by atoms with Crippen molar-refractivity contribution in [3.8, 4) is 0 Å². The second kappa shape index (κ2) is 8.76. The van der Waals surface area contributed by atoms with Crippen LogP contribution in [0.1, 0.15) is 33.2 Å². The van der Waals surface area contributed by atoms with Crippen LogP contribution in [0.5, 0.6) is 0 Å². The molecule has 0 aliphatic rings. The standard InChI is InChI=1S/C22H22N4O/c1-3-12-24-22(27)18-10-11-20(25-15-18)26-21(19-9-4-5-13-23-19)17-8-6-7-16(2)14-17/h3-11,13-15,21H,1,12H2,2H3,(H,24,27)(H,25,26). The van der Waals surface area contributed by atoms with E-state index in [1.165, 1.54) is 5.56 Å². The van der Waals surface area contributed by atoms with E-state index in [-0.39, 0.29) is 11.9 Å². The number of pyridine rings is 2. The first-order valence-electron chi connectivity index (χ1n) is 8.76. The van der Waals surface area contributed by atoms with E-state index in [1.54, 1.807) is 30.6 Å². The lowest BCUT2D eigenvalue weighted by molar-refractivity contribution is 0.0957. The number of anilines is 1. The van der Waals surface area contributed by atoms with Gasteiger partial charge in [0.1, 0.15) is 5.82 Å². The second-order valence-corrected chi connectivity index (χ2v) is 6.18. The molecule has 0 bridgehead atoms. The van der Waals surface area contributed by atoms with Gasteiger partial charge < -0.3 is 10.6 Å². The van der Waals surface area contributed by atoms with Crippen molar-refractivity contribution >= 4 is 11.7 Å². The third-order valence-electron chi connectivity index (χ3n) is 4.08. The Hall–Kier alpha value is -3.47. The molecule has 3 aromatic rings. The maximum absolute atomic E-state index is 12.0. The molecule has 1 atom stereocenters. The molecule has 27 heavy (non-hydrogen) atoms. The van der Waals surface area contributed by atoms with Gasteiger partial charge in [0, 0.05) is 18.9 Å². The molecule has 5 heteroatoms. The highest BCUT2D eigenvalue weighted by Gasteiger charge is 2.16. The van der Waals surface area contributed by atoms with E-state index in [0.717, 1.165) is 11.3 Å². The number of aromatic nitrogens is 2. The van der Waals surface area contributed by atoms with Crippen LogP contribution in [0.4, 0.5) is 5.82 Å². The van der Waals surface area contributed by atoms with Gasteiger partial charge in [0.25, 0.3) is 5.91 Å². The molecule has 2 N–H and O–H groups in total. The largest absolute Gasteiger partial charge is 0.358 e. The molecule has 0 fully saturated rings. The Morgan fingerprint density at radius 3 is 2.70 bits per heavy atom. The second-order valence-electron chi connectivity index (χ2n) is 6.18. The Bertz CT molecular complexity index is 907. The van der Waals surface area contributed by atoms with Crippen molar-refractivity contribution < 1.29 is 4.79 Å². The summed E-state index contributed by atoms with van der Waals surface area (Å²) < 4.78 is 0. The maximum Gasteiger partial charge on any atom is 0.253 e. The molecule has 0 spiro atoms. The fourth-order valence-electron chi connectivity index (χ4n) is 2.75. The van der Waals surface area contributed by atoms with E-state index < -0.39 is 0 Å². The molecule has 0 saturated carbocycles. The van der Waals surface area contributed by atoms with Gasteiger partial charge in [0.05, 0.1) is 17.3 Å². The number of hydrogen-bond acceptors (Lipinski definition) is 4. The Balaban J connectivity index is 1.84. The van der Waals surface area contributed by atoms with Crippen LogP contribution in [0, 0.1) is 6.92 Å². The molecule has 0 aliphatic carbocycles. The summed E-state index contributed by atoms with van der Waals surface area (Å²) in [7, 11) is 0. The lowest BCUT2D eigenvalue weighted by Crippen LogP contribution is -2.23. The number of hydrogen-bond donors (Lipinski definition) is 2. The number of carbonyl (C=O) groups excluding carboxylic acids is 1. The SMILES string of the molecule is C=CCNC(=O)c1ccc(NC(c2cccc(C)c2)c2ccccn2)nc1.